The Kier molecular flexibility index (Phi) is 5.58. The summed E-state index contributed by atoms with van der Waals surface area (Å²) in [5.41, 5.74) is 3.27. The molecule has 28 heavy (non-hydrogen) atoms. The van der Waals surface area contributed by atoms with Crippen molar-refractivity contribution in [3.05, 3.63) is 65.2 Å². The second-order valence-electron chi connectivity index (χ2n) is 7.00. The monoisotopic (exact) mass is 381 g/mol. The average molecular weight is 381 g/mol. The van der Waals surface area contributed by atoms with Crippen LogP contribution < -0.4 is 4.74 Å². The Hall–Kier alpha value is -2.86. The summed E-state index contributed by atoms with van der Waals surface area (Å²) >= 11 is 0. The van der Waals surface area contributed by atoms with E-state index in [1.54, 1.807) is 4.90 Å². The number of amides is 1. The Bertz CT molecular complexity index is 851. The van der Waals surface area contributed by atoms with Crippen LogP contribution in [0.15, 0.2) is 48.5 Å². The Morgan fingerprint density at radius 3 is 2.86 bits per heavy atom. The molecule has 1 amide bonds. The van der Waals surface area contributed by atoms with Gasteiger partial charge in [0.05, 0.1) is 19.8 Å². The molecule has 1 atom stereocenters. The molecule has 0 saturated carbocycles. The van der Waals surface area contributed by atoms with E-state index in [-0.39, 0.29) is 25.7 Å². The highest BCUT2D eigenvalue weighted by atomic mass is 16.5. The molecule has 0 aromatic heterocycles. The molecule has 6 heteroatoms. The quantitative estimate of drug-likeness (QED) is 0.718. The topological polar surface area (TPSA) is 65.1 Å². The van der Waals surface area contributed by atoms with Crippen molar-refractivity contribution in [1.29, 1.82) is 0 Å². The van der Waals surface area contributed by atoms with Gasteiger partial charge >= 0.3 is 5.97 Å². The lowest BCUT2D eigenvalue weighted by Crippen LogP contribution is -2.53. The van der Waals surface area contributed by atoms with Crippen LogP contribution in [-0.4, -0.2) is 49.2 Å². The largest absolute Gasteiger partial charge is 0.493 e. The predicted molar refractivity (Wildman–Crippen MR) is 102 cm³/mol. The van der Waals surface area contributed by atoms with Crippen LogP contribution in [0, 0.1) is 0 Å². The van der Waals surface area contributed by atoms with Gasteiger partial charge in [0, 0.05) is 19.4 Å². The van der Waals surface area contributed by atoms with Crippen LogP contribution in [0.3, 0.4) is 0 Å². The Morgan fingerprint density at radius 2 is 2.00 bits per heavy atom. The van der Waals surface area contributed by atoms with Crippen molar-refractivity contribution >= 4 is 11.9 Å². The maximum atomic E-state index is 12.6. The summed E-state index contributed by atoms with van der Waals surface area (Å²) in [4.78, 5) is 26.5. The smallest absolute Gasteiger partial charge is 0.331 e. The summed E-state index contributed by atoms with van der Waals surface area (Å²) in [5, 5.41) is 0. The summed E-state index contributed by atoms with van der Waals surface area (Å²) < 4.78 is 16.3. The SMILES string of the molecule is O=C(OCCc1ccc2c(c1)CCO2)[C@H]1COCC(=O)N1Cc1ccccc1. The van der Waals surface area contributed by atoms with Gasteiger partial charge in [0.25, 0.3) is 0 Å². The van der Waals surface area contributed by atoms with E-state index >= 15 is 0 Å². The van der Waals surface area contributed by atoms with Crippen LogP contribution in [0.25, 0.3) is 0 Å². The molecule has 0 radical (unpaired) electrons. The van der Waals surface area contributed by atoms with Gasteiger partial charge in [-0.15, -0.1) is 0 Å². The van der Waals surface area contributed by atoms with Gasteiger partial charge in [-0.3, -0.25) is 4.79 Å². The number of rotatable bonds is 6. The van der Waals surface area contributed by atoms with Crippen LogP contribution in [0.5, 0.6) is 5.75 Å². The van der Waals surface area contributed by atoms with Gasteiger partial charge in [0.1, 0.15) is 12.4 Å². The zero-order valence-electron chi connectivity index (χ0n) is 15.6. The summed E-state index contributed by atoms with van der Waals surface area (Å²) in [6.07, 6.45) is 1.54. The summed E-state index contributed by atoms with van der Waals surface area (Å²) in [5.74, 6) is 0.319. The molecule has 146 valence electrons. The van der Waals surface area contributed by atoms with Gasteiger partial charge in [0.2, 0.25) is 5.91 Å². The highest BCUT2D eigenvalue weighted by Gasteiger charge is 2.35. The van der Waals surface area contributed by atoms with Crippen molar-refractivity contribution in [2.24, 2.45) is 0 Å². The van der Waals surface area contributed by atoms with Gasteiger partial charge in [-0.1, -0.05) is 42.5 Å². The standard InChI is InChI=1S/C22H23NO5/c24-21-15-26-14-19(23(21)13-17-4-2-1-3-5-17)22(25)28-10-8-16-6-7-20-18(12-16)9-11-27-20/h1-7,12,19H,8-11,13-15H2/t19-/m1/s1. The van der Waals surface area contributed by atoms with E-state index < -0.39 is 12.0 Å². The maximum absolute atomic E-state index is 12.6. The lowest BCUT2D eigenvalue weighted by molar-refractivity contribution is -0.167. The Labute approximate surface area is 164 Å². The molecule has 1 fully saturated rings. The van der Waals surface area contributed by atoms with Gasteiger partial charge < -0.3 is 19.1 Å². The predicted octanol–water partition coefficient (Wildman–Crippen LogP) is 2.13. The van der Waals surface area contributed by atoms with Crippen LogP contribution in [0.4, 0.5) is 0 Å². The number of morpholine rings is 1. The van der Waals surface area contributed by atoms with E-state index in [0.717, 1.165) is 29.9 Å². The van der Waals surface area contributed by atoms with Crippen molar-refractivity contribution < 1.29 is 23.8 Å². The number of carbonyl (C=O) groups excluding carboxylic acids is 2. The van der Waals surface area contributed by atoms with E-state index in [1.807, 2.05) is 42.5 Å². The maximum Gasteiger partial charge on any atom is 0.331 e. The second kappa shape index (κ2) is 8.44. The molecule has 2 aliphatic heterocycles. The number of carbonyl (C=O) groups is 2. The summed E-state index contributed by atoms with van der Waals surface area (Å²) in [7, 11) is 0. The van der Waals surface area contributed by atoms with Gasteiger partial charge in [-0.05, 0) is 22.8 Å². The van der Waals surface area contributed by atoms with Crippen molar-refractivity contribution in [2.45, 2.75) is 25.4 Å². The first-order valence-electron chi connectivity index (χ1n) is 9.53. The fourth-order valence-corrected chi connectivity index (χ4v) is 3.54. The third-order valence-electron chi connectivity index (χ3n) is 5.05. The molecule has 0 aliphatic carbocycles. The first-order chi connectivity index (χ1) is 13.7. The molecule has 0 spiro atoms. The summed E-state index contributed by atoms with van der Waals surface area (Å²) in [6, 6.07) is 15.0. The third kappa shape index (κ3) is 4.17. The minimum absolute atomic E-state index is 0.00614. The summed E-state index contributed by atoms with van der Waals surface area (Å²) in [6.45, 7) is 1.51. The first kappa shape index (κ1) is 18.5. The molecule has 1 saturated heterocycles. The molecular weight excluding hydrogens is 358 g/mol. The van der Waals surface area contributed by atoms with E-state index in [4.69, 9.17) is 14.2 Å². The lowest BCUT2D eigenvalue weighted by Gasteiger charge is -2.33. The number of benzene rings is 2. The molecule has 4 rings (SSSR count). The molecule has 0 N–H and O–H groups in total. The molecule has 0 unspecified atom stereocenters. The number of hydrogen-bond acceptors (Lipinski definition) is 5. The van der Waals surface area contributed by atoms with E-state index in [0.29, 0.717) is 13.0 Å². The normalized spacial score (nSPS) is 18.5. The lowest BCUT2D eigenvalue weighted by atomic mass is 10.1. The van der Waals surface area contributed by atoms with Crippen molar-refractivity contribution in [3.63, 3.8) is 0 Å². The van der Waals surface area contributed by atoms with Crippen LogP contribution in [0.1, 0.15) is 16.7 Å². The van der Waals surface area contributed by atoms with E-state index in [1.165, 1.54) is 5.56 Å². The highest BCUT2D eigenvalue weighted by molar-refractivity contribution is 5.86. The minimum Gasteiger partial charge on any atom is -0.493 e. The number of hydrogen-bond donors (Lipinski definition) is 0. The average Bonchev–Trinajstić information content (AvgIpc) is 3.18. The third-order valence-corrected chi connectivity index (χ3v) is 5.05. The molecule has 2 aromatic carbocycles. The fraction of sp³-hybridized carbons (Fsp3) is 0.364. The number of esters is 1. The molecule has 2 aromatic rings. The molecule has 0 bridgehead atoms. The first-order valence-corrected chi connectivity index (χ1v) is 9.53. The molecule has 6 nitrogen and oxygen atoms in total. The van der Waals surface area contributed by atoms with E-state index in [2.05, 4.69) is 6.07 Å². The molecular formula is C22H23NO5. The van der Waals surface area contributed by atoms with Gasteiger partial charge in [-0.2, -0.15) is 0 Å². The second-order valence-corrected chi connectivity index (χ2v) is 7.00. The Morgan fingerprint density at radius 1 is 1.14 bits per heavy atom. The number of nitrogens with zero attached hydrogens (tertiary/aromatic N) is 1. The van der Waals surface area contributed by atoms with Crippen molar-refractivity contribution in [1.82, 2.24) is 4.90 Å². The molecule has 2 aliphatic rings. The van der Waals surface area contributed by atoms with Gasteiger partial charge in [0.15, 0.2) is 6.04 Å². The highest BCUT2D eigenvalue weighted by Crippen LogP contribution is 2.26. The van der Waals surface area contributed by atoms with Crippen LogP contribution >= 0.6 is 0 Å². The van der Waals surface area contributed by atoms with Crippen molar-refractivity contribution in [2.75, 3.05) is 26.4 Å². The van der Waals surface area contributed by atoms with Crippen LogP contribution in [0.2, 0.25) is 0 Å². The minimum atomic E-state index is -0.713. The van der Waals surface area contributed by atoms with Crippen molar-refractivity contribution in [3.8, 4) is 5.75 Å². The van der Waals surface area contributed by atoms with Crippen LogP contribution in [-0.2, 0) is 38.4 Å². The number of fused-ring (bicyclic) bond motifs is 1. The van der Waals surface area contributed by atoms with E-state index in [9.17, 15) is 9.59 Å². The fourth-order valence-electron chi connectivity index (χ4n) is 3.54. The number of ether oxygens (including phenoxy) is 3. The molecule has 2 heterocycles. The Balaban J connectivity index is 1.35. The van der Waals surface area contributed by atoms with Gasteiger partial charge in [-0.25, -0.2) is 4.79 Å². The zero-order chi connectivity index (χ0) is 19.3. The zero-order valence-corrected chi connectivity index (χ0v) is 15.6.